The van der Waals surface area contributed by atoms with Gasteiger partial charge in [0.25, 0.3) is 0 Å². The highest BCUT2D eigenvalue weighted by molar-refractivity contribution is 5.69. The van der Waals surface area contributed by atoms with Crippen LogP contribution in [0.15, 0.2) is 12.3 Å². The van der Waals surface area contributed by atoms with E-state index in [1.165, 1.54) is 0 Å². The highest BCUT2D eigenvalue weighted by Gasteiger charge is 2.37. The number of carbonyl (C=O) groups excluding carboxylic acids is 4. The van der Waals surface area contributed by atoms with Crippen LogP contribution in [0.2, 0.25) is 0 Å². The molecule has 0 aromatic carbocycles. The summed E-state index contributed by atoms with van der Waals surface area (Å²) in [5.74, 6) is -3.17. The largest absolute Gasteiger partial charge is 0.462 e. The topological polar surface area (TPSA) is 148 Å². The van der Waals surface area contributed by atoms with E-state index in [1.807, 2.05) is 0 Å². The van der Waals surface area contributed by atoms with E-state index in [9.17, 15) is 29.3 Å². The van der Waals surface area contributed by atoms with Gasteiger partial charge in [0.1, 0.15) is 6.61 Å². The van der Waals surface area contributed by atoms with E-state index in [0.717, 1.165) is 33.8 Å². The molecule has 0 saturated carbocycles. The summed E-state index contributed by atoms with van der Waals surface area (Å²) in [6.07, 6.45) is -2.96. The minimum atomic E-state index is -1.47. The fraction of sp³-hybridized carbons (Fsp3) is 0.571. The normalized spacial score (nSPS) is 14.1. The maximum atomic E-state index is 11.3. The summed E-state index contributed by atoms with van der Waals surface area (Å²) in [5, 5.41) is 10.5. The van der Waals surface area contributed by atoms with Crippen LogP contribution in [0, 0.1) is 10.1 Å². The van der Waals surface area contributed by atoms with E-state index in [2.05, 4.69) is 0 Å². The Labute approximate surface area is 143 Å². The molecule has 11 heteroatoms. The van der Waals surface area contributed by atoms with Gasteiger partial charge in [0.15, 0.2) is 18.3 Å². The van der Waals surface area contributed by atoms with Gasteiger partial charge in [-0.1, -0.05) is 0 Å². The molecule has 0 bridgehead atoms. The lowest BCUT2D eigenvalue weighted by Gasteiger charge is -2.29. The third-order valence-corrected chi connectivity index (χ3v) is 2.46. The zero-order valence-corrected chi connectivity index (χ0v) is 14.1. The molecule has 0 radical (unpaired) electrons. The molecule has 0 rings (SSSR count). The molecule has 0 aromatic rings. The summed E-state index contributed by atoms with van der Waals surface area (Å²) in [7, 11) is 0. The van der Waals surface area contributed by atoms with Crippen LogP contribution in [-0.2, 0) is 38.1 Å². The van der Waals surface area contributed by atoms with E-state index in [-0.39, 0.29) is 0 Å². The molecule has 0 spiro atoms. The summed E-state index contributed by atoms with van der Waals surface area (Å²) in [6.45, 7) is 3.70. The molecule has 11 nitrogen and oxygen atoms in total. The van der Waals surface area contributed by atoms with Crippen LogP contribution in [0.25, 0.3) is 0 Å². The second-order valence-electron chi connectivity index (χ2n) is 4.73. The first kappa shape index (κ1) is 22.0. The minimum absolute atomic E-state index is 0.473. The van der Waals surface area contributed by atoms with Gasteiger partial charge in [0.2, 0.25) is 6.20 Å². The number of esters is 4. The molecular formula is C14H19NO10. The molecule has 0 heterocycles. The van der Waals surface area contributed by atoms with Gasteiger partial charge >= 0.3 is 23.9 Å². The highest BCUT2D eigenvalue weighted by atomic mass is 16.6. The number of rotatable bonds is 9. The molecule has 0 aliphatic carbocycles. The number of nitro groups is 1. The van der Waals surface area contributed by atoms with Crippen LogP contribution >= 0.6 is 0 Å². The summed E-state index contributed by atoms with van der Waals surface area (Å²) in [5.41, 5.74) is 0. The average Bonchev–Trinajstić information content (AvgIpc) is 2.44. The van der Waals surface area contributed by atoms with Crippen molar-refractivity contribution in [2.24, 2.45) is 0 Å². The van der Waals surface area contributed by atoms with Crippen LogP contribution in [0.3, 0.4) is 0 Å². The van der Waals surface area contributed by atoms with Gasteiger partial charge in [0.05, 0.1) is 4.92 Å². The predicted molar refractivity (Wildman–Crippen MR) is 79.4 cm³/mol. The summed E-state index contributed by atoms with van der Waals surface area (Å²) >= 11 is 0. The first-order chi connectivity index (χ1) is 11.5. The van der Waals surface area contributed by atoms with Crippen molar-refractivity contribution in [3.05, 3.63) is 22.4 Å². The maximum Gasteiger partial charge on any atom is 0.303 e. The molecule has 0 saturated heterocycles. The Morgan fingerprint density at radius 3 is 1.84 bits per heavy atom. The van der Waals surface area contributed by atoms with E-state index >= 15 is 0 Å². The molecular weight excluding hydrogens is 342 g/mol. The van der Waals surface area contributed by atoms with Crippen molar-refractivity contribution in [2.75, 3.05) is 6.61 Å². The molecule has 3 atom stereocenters. The quantitative estimate of drug-likeness (QED) is 0.240. The fourth-order valence-electron chi connectivity index (χ4n) is 1.72. The van der Waals surface area contributed by atoms with Crippen LogP contribution in [0.5, 0.6) is 0 Å². The number of ether oxygens (including phenoxy) is 4. The fourth-order valence-corrected chi connectivity index (χ4v) is 1.72. The molecule has 140 valence electrons. The van der Waals surface area contributed by atoms with E-state index in [0.29, 0.717) is 6.20 Å². The Balaban J connectivity index is 5.72. The van der Waals surface area contributed by atoms with Crippen molar-refractivity contribution < 1.29 is 43.0 Å². The number of nitrogens with zero attached hydrogens (tertiary/aromatic N) is 1. The van der Waals surface area contributed by atoms with Gasteiger partial charge in [-0.3, -0.25) is 29.3 Å². The minimum Gasteiger partial charge on any atom is -0.462 e. The van der Waals surface area contributed by atoms with Crippen LogP contribution in [0.4, 0.5) is 0 Å². The molecule has 0 amide bonds. The zero-order valence-electron chi connectivity index (χ0n) is 14.1. The highest BCUT2D eigenvalue weighted by Crippen LogP contribution is 2.16. The summed E-state index contributed by atoms with van der Waals surface area (Å²) in [6, 6.07) is 0. The molecule has 0 aromatic heterocycles. The molecule has 25 heavy (non-hydrogen) atoms. The third-order valence-electron chi connectivity index (χ3n) is 2.46. The van der Waals surface area contributed by atoms with E-state index in [1.54, 1.807) is 0 Å². The molecule has 0 fully saturated rings. The van der Waals surface area contributed by atoms with Crippen molar-refractivity contribution in [1.29, 1.82) is 0 Å². The smallest absolute Gasteiger partial charge is 0.303 e. The zero-order chi connectivity index (χ0) is 19.6. The van der Waals surface area contributed by atoms with Gasteiger partial charge in [-0.05, 0) is 0 Å². The Morgan fingerprint density at radius 1 is 0.920 bits per heavy atom. The molecule has 0 unspecified atom stereocenters. The maximum absolute atomic E-state index is 11.3. The van der Waals surface area contributed by atoms with Crippen molar-refractivity contribution in [3.8, 4) is 0 Å². The van der Waals surface area contributed by atoms with Gasteiger partial charge < -0.3 is 18.9 Å². The number of hydrogen-bond acceptors (Lipinski definition) is 10. The summed E-state index contributed by atoms with van der Waals surface area (Å²) < 4.78 is 19.6. The second kappa shape index (κ2) is 10.7. The number of hydrogen-bond donors (Lipinski definition) is 0. The Morgan fingerprint density at radius 2 is 1.44 bits per heavy atom. The predicted octanol–water partition coefficient (Wildman–Crippen LogP) is 0.135. The lowest BCUT2D eigenvalue weighted by atomic mass is 10.1. The van der Waals surface area contributed by atoms with Gasteiger partial charge in [-0.25, -0.2) is 0 Å². The standard InChI is InChI=1S/C14H19NO10/c1-8(16)22-7-13(24-10(3)18)14(25-11(4)19)12(23-9(2)17)5-6-15(20)21/h5-6,12-14H,7H2,1-4H3/b6-5-/t12-,13+,14-/m1/s1. The lowest BCUT2D eigenvalue weighted by Crippen LogP contribution is -2.46. The monoisotopic (exact) mass is 361 g/mol. The molecule has 0 aliphatic heterocycles. The van der Waals surface area contributed by atoms with Crippen LogP contribution in [0.1, 0.15) is 27.7 Å². The van der Waals surface area contributed by atoms with Gasteiger partial charge in [-0.2, -0.15) is 0 Å². The Kier molecular flexibility index (Phi) is 9.45. The van der Waals surface area contributed by atoms with Gasteiger partial charge in [-0.15, -0.1) is 0 Å². The second-order valence-corrected chi connectivity index (χ2v) is 4.73. The van der Waals surface area contributed by atoms with Crippen molar-refractivity contribution in [3.63, 3.8) is 0 Å². The first-order valence-electron chi connectivity index (χ1n) is 6.99. The van der Waals surface area contributed by atoms with Crippen LogP contribution < -0.4 is 0 Å². The van der Waals surface area contributed by atoms with E-state index in [4.69, 9.17) is 18.9 Å². The van der Waals surface area contributed by atoms with Crippen molar-refractivity contribution >= 4 is 23.9 Å². The summed E-state index contributed by atoms with van der Waals surface area (Å²) in [4.78, 5) is 54.5. The Bertz CT molecular complexity index is 556. The SMILES string of the molecule is CC(=O)OC[C@H](OC(C)=O)[C@H](OC(C)=O)[C@@H](/C=C\[N+](=O)[O-])OC(C)=O. The van der Waals surface area contributed by atoms with Gasteiger partial charge in [0, 0.05) is 33.8 Å². The molecule has 0 aliphatic rings. The first-order valence-corrected chi connectivity index (χ1v) is 6.99. The van der Waals surface area contributed by atoms with Crippen molar-refractivity contribution in [1.82, 2.24) is 0 Å². The lowest BCUT2D eigenvalue weighted by molar-refractivity contribution is -0.403. The third kappa shape index (κ3) is 10.4. The van der Waals surface area contributed by atoms with E-state index < -0.39 is 53.7 Å². The number of carbonyl (C=O) groups is 4. The Hall–Kier alpha value is -2.98. The average molecular weight is 361 g/mol. The molecule has 0 N–H and O–H groups in total. The van der Waals surface area contributed by atoms with Crippen LogP contribution in [-0.4, -0.2) is 53.7 Å². The van der Waals surface area contributed by atoms with Crippen molar-refractivity contribution in [2.45, 2.75) is 46.0 Å².